The number of aliphatic hydroxyl groups is 5. The van der Waals surface area contributed by atoms with Gasteiger partial charge >= 0.3 is 23.9 Å². The molecule has 6 rings (SSSR count). The van der Waals surface area contributed by atoms with Gasteiger partial charge in [0.15, 0.2) is 47.6 Å². The van der Waals surface area contributed by atoms with Crippen molar-refractivity contribution in [1.82, 2.24) is 5.32 Å². The molecule has 13 atom stereocenters. The first-order valence-electron chi connectivity index (χ1n) is 19.3. The number of esters is 1. The van der Waals surface area contributed by atoms with Crippen LogP contribution in [0, 0.1) is 0 Å². The second-order valence-electron chi connectivity index (χ2n) is 15.0. The standard InChI is InChI=1S/C40H44N2O22/c1-59-24-10-15(2-4-22(24)44)3-5-27(46)62-33-31(50)30(49)32(38(57)58)63-40(33)64-34-29(48)28(47)26(14-43)61-39(34)60-25-12-17-11-21(37(55)56)42(20(17)13-23(25)45)7-6-16-8-18(35(51)52)41-19(9-16)36(53)54/h2-6,8,10,12-13,19,21,26,28-34,39-41,43-45,47-50H,7,9,11,14H2,1H3,(H,51,52)(H,53,54)(H,55,56)(H,57,58). The molecule has 24 nitrogen and oxygen atoms in total. The molecule has 2 fully saturated rings. The number of ether oxygens (including phenoxy) is 6. The van der Waals surface area contributed by atoms with Crippen LogP contribution in [0.25, 0.3) is 6.08 Å². The minimum atomic E-state index is -2.22. The third-order valence-electron chi connectivity index (χ3n) is 10.9. The fourth-order valence-electron chi connectivity index (χ4n) is 7.59. The Kier molecular flexibility index (Phi) is 14.4. The Morgan fingerprint density at radius 3 is 2.23 bits per heavy atom. The Bertz CT molecular complexity index is 2230. The number of methoxy groups -OCH3 is 1. The lowest BCUT2D eigenvalue weighted by molar-refractivity contribution is -0.840. The Labute approximate surface area is 360 Å². The lowest BCUT2D eigenvalue weighted by atomic mass is 9.97. The van der Waals surface area contributed by atoms with Gasteiger partial charge < -0.3 is 94.7 Å². The summed E-state index contributed by atoms with van der Waals surface area (Å²) in [4.78, 5) is 60.9. The third-order valence-corrected chi connectivity index (χ3v) is 10.9. The van der Waals surface area contributed by atoms with E-state index in [1.165, 1.54) is 49.6 Å². The number of phenolic OH excluding ortho intramolecular Hbond substituents is 2. The number of fused-ring (bicyclic) bond motifs is 1. The molecule has 4 heterocycles. The van der Waals surface area contributed by atoms with Crippen LogP contribution in [0.15, 0.2) is 59.8 Å². The number of hydrogen-bond acceptors (Lipinski definition) is 20. The van der Waals surface area contributed by atoms with Gasteiger partial charge in [-0.15, -0.1) is 0 Å². The number of quaternary nitrogens is 1. The highest BCUT2D eigenvalue weighted by Crippen LogP contribution is 2.38. The van der Waals surface area contributed by atoms with Gasteiger partial charge in [0.1, 0.15) is 66.5 Å². The Morgan fingerprint density at radius 1 is 0.875 bits per heavy atom. The van der Waals surface area contributed by atoms with E-state index in [-0.39, 0.29) is 52.6 Å². The van der Waals surface area contributed by atoms with E-state index in [0.29, 0.717) is 5.56 Å². The molecule has 0 radical (unpaired) electrons. The quantitative estimate of drug-likeness (QED) is 0.0588. The van der Waals surface area contributed by atoms with Gasteiger partial charge in [-0.05, 0) is 47.6 Å². The van der Waals surface area contributed by atoms with Crippen LogP contribution in [0.1, 0.15) is 17.5 Å². The molecule has 0 aliphatic carbocycles. The summed E-state index contributed by atoms with van der Waals surface area (Å²) in [5, 5.41) is 118. The molecular formula is C40H44N2O22. The average molecular weight is 905 g/mol. The second kappa shape index (κ2) is 19.6. The van der Waals surface area contributed by atoms with Gasteiger partial charge in [-0.1, -0.05) is 6.07 Å². The lowest BCUT2D eigenvalue weighted by Crippen LogP contribution is -3.11. The molecule has 0 spiro atoms. The molecule has 2 saturated heterocycles. The van der Waals surface area contributed by atoms with Crippen molar-refractivity contribution in [3.63, 3.8) is 0 Å². The summed E-state index contributed by atoms with van der Waals surface area (Å²) in [6, 6.07) is 3.82. The molecular weight excluding hydrogens is 860 g/mol. The fraction of sp³-hybridized carbons (Fsp3) is 0.425. The average Bonchev–Trinajstić information content (AvgIpc) is 3.61. The number of rotatable bonds is 15. The van der Waals surface area contributed by atoms with Gasteiger partial charge in [-0.3, -0.25) is 4.90 Å². The minimum absolute atomic E-state index is 0.0629. The van der Waals surface area contributed by atoms with Crippen LogP contribution in [0.5, 0.6) is 23.0 Å². The molecule has 346 valence electrons. The van der Waals surface area contributed by atoms with Gasteiger partial charge in [0, 0.05) is 30.5 Å². The molecule has 0 amide bonds. The van der Waals surface area contributed by atoms with E-state index in [9.17, 15) is 80.1 Å². The maximum absolute atomic E-state index is 13.0. The Balaban J connectivity index is 1.27. The van der Waals surface area contributed by atoms with Crippen molar-refractivity contribution < 1.29 is 113 Å². The highest BCUT2D eigenvalue weighted by atomic mass is 16.8. The van der Waals surface area contributed by atoms with Crippen LogP contribution < -0.4 is 24.8 Å². The molecule has 4 aliphatic rings. The summed E-state index contributed by atoms with van der Waals surface area (Å²) in [5.74, 6) is -8.48. The van der Waals surface area contributed by atoms with E-state index in [4.69, 9.17) is 28.4 Å². The van der Waals surface area contributed by atoms with E-state index < -0.39 is 127 Å². The number of aromatic hydroxyl groups is 2. The van der Waals surface area contributed by atoms with E-state index in [1.807, 2.05) is 0 Å². The maximum Gasteiger partial charge on any atom is 0.351 e. The normalized spacial score (nSPS) is 31.9. The number of phenols is 2. The van der Waals surface area contributed by atoms with Gasteiger partial charge in [-0.2, -0.15) is 0 Å². The highest BCUT2D eigenvalue weighted by molar-refractivity contribution is 5.89. The summed E-state index contributed by atoms with van der Waals surface area (Å²) < 4.78 is 33.2. The molecule has 0 saturated carbocycles. The molecule has 13 unspecified atom stereocenters. The van der Waals surface area contributed by atoms with E-state index in [1.54, 1.807) is 0 Å². The molecule has 12 N–H and O–H groups in total. The molecule has 4 aliphatic heterocycles. The minimum Gasteiger partial charge on any atom is -0.544 e. The number of carboxylic acids is 4. The topological polar surface area (TPSA) is 383 Å². The number of hydrogen-bond donors (Lipinski definition) is 12. The molecule has 64 heavy (non-hydrogen) atoms. The van der Waals surface area contributed by atoms with Crippen LogP contribution in [0.4, 0.5) is 5.69 Å². The summed E-state index contributed by atoms with van der Waals surface area (Å²) in [5.41, 5.74) is 0.690. The Hall–Kier alpha value is -6.35. The number of nitrogens with one attached hydrogen (secondary N) is 2. The van der Waals surface area contributed by atoms with Crippen molar-refractivity contribution in [2.45, 2.75) is 86.3 Å². The molecule has 0 bridgehead atoms. The number of allylic oxidation sites excluding steroid dienone is 1. The zero-order chi connectivity index (χ0) is 46.7. The fourth-order valence-corrected chi connectivity index (χ4v) is 7.59. The monoisotopic (exact) mass is 904 g/mol. The molecule has 0 aromatic heterocycles. The van der Waals surface area contributed by atoms with Crippen molar-refractivity contribution in [2.24, 2.45) is 0 Å². The summed E-state index contributed by atoms with van der Waals surface area (Å²) in [7, 11) is 1.29. The molecule has 2 aromatic rings. The SMILES string of the molecule is COc1cc(C=CC(=O)OC2C(OC3C(Oc4cc5c(cc4O)[NH+](CC=C4C=C(C(=O)O)NC(C(=O)O)C4)C(C(=O)[O-])C5)OC(CO)C(O)C3O)OC(C(=O)O)C(O)C2O)ccc1O. The van der Waals surface area contributed by atoms with E-state index >= 15 is 0 Å². The largest absolute Gasteiger partial charge is 0.544 e. The van der Waals surface area contributed by atoms with Crippen molar-refractivity contribution in [3.05, 3.63) is 71.0 Å². The van der Waals surface area contributed by atoms with Crippen molar-refractivity contribution >= 4 is 41.6 Å². The first-order chi connectivity index (χ1) is 30.3. The van der Waals surface area contributed by atoms with Crippen molar-refractivity contribution in [1.29, 1.82) is 0 Å². The predicted molar refractivity (Wildman–Crippen MR) is 204 cm³/mol. The van der Waals surface area contributed by atoms with Crippen LogP contribution >= 0.6 is 0 Å². The molecule has 24 heteroatoms. The predicted octanol–water partition coefficient (Wildman–Crippen LogP) is -5.00. The van der Waals surface area contributed by atoms with Gasteiger partial charge in [0.05, 0.1) is 13.7 Å². The number of carboxylic acid groups (broad SMARTS) is 4. The summed E-state index contributed by atoms with van der Waals surface area (Å²) in [6.45, 7) is -1.06. The first kappa shape index (κ1) is 47.1. The van der Waals surface area contributed by atoms with Gasteiger partial charge in [-0.25, -0.2) is 19.2 Å². The molecule has 2 aromatic carbocycles. The third kappa shape index (κ3) is 10.0. The number of carbonyl (C=O) groups is 5. The van der Waals surface area contributed by atoms with E-state index in [2.05, 4.69) is 5.32 Å². The number of aliphatic carboxylic acids is 4. The smallest absolute Gasteiger partial charge is 0.351 e. The Morgan fingerprint density at radius 2 is 1.59 bits per heavy atom. The van der Waals surface area contributed by atoms with Crippen molar-refractivity contribution in [2.75, 3.05) is 20.3 Å². The second-order valence-corrected chi connectivity index (χ2v) is 15.0. The van der Waals surface area contributed by atoms with Crippen LogP contribution in [-0.4, -0.2) is 175 Å². The van der Waals surface area contributed by atoms with Crippen LogP contribution in [0.2, 0.25) is 0 Å². The highest BCUT2D eigenvalue weighted by Gasteiger charge is 2.54. The lowest BCUT2D eigenvalue weighted by Gasteiger charge is -2.46. The number of aliphatic hydroxyl groups excluding tert-OH is 5. The van der Waals surface area contributed by atoms with E-state index in [0.717, 1.165) is 12.1 Å². The van der Waals surface area contributed by atoms with Gasteiger partial charge in [0.2, 0.25) is 6.29 Å². The number of benzene rings is 2. The van der Waals surface area contributed by atoms with Crippen LogP contribution in [0.3, 0.4) is 0 Å². The summed E-state index contributed by atoms with van der Waals surface area (Å²) >= 11 is 0. The first-order valence-corrected chi connectivity index (χ1v) is 19.3. The maximum atomic E-state index is 13.0. The zero-order valence-corrected chi connectivity index (χ0v) is 33.3. The van der Waals surface area contributed by atoms with Crippen LogP contribution in [-0.2, 0) is 49.3 Å². The van der Waals surface area contributed by atoms with Gasteiger partial charge in [0.25, 0.3) is 0 Å². The van der Waals surface area contributed by atoms with Crippen molar-refractivity contribution in [3.8, 4) is 23.0 Å². The summed E-state index contributed by atoms with van der Waals surface area (Å²) in [6.07, 6.45) is -16.1. The zero-order valence-electron chi connectivity index (χ0n) is 33.3. The number of carbonyl (C=O) groups excluding carboxylic acids is 2.